The molecule has 1 atom stereocenters. The van der Waals surface area contributed by atoms with Crippen LogP contribution in [0.2, 0.25) is 0 Å². The molecule has 5 rings (SSSR count). The molecule has 5 aliphatic rings. The Morgan fingerprint density at radius 2 is 1.72 bits per heavy atom. The lowest BCUT2D eigenvalue weighted by molar-refractivity contribution is -0.0924. The monoisotopic (exact) mass is 248 g/mol. The molecular weight excluding hydrogens is 224 g/mol. The van der Waals surface area contributed by atoms with E-state index in [9.17, 15) is 5.11 Å². The smallest absolute Gasteiger partial charge is 0.121 e. The molecule has 0 aromatic heterocycles. The quantitative estimate of drug-likeness (QED) is 0.813. The molecule has 1 unspecified atom stereocenters. The maximum atomic E-state index is 10.7. The average molecular weight is 248 g/mol. The molecule has 4 saturated carbocycles. The van der Waals surface area contributed by atoms with Crippen LogP contribution < -0.4 is 0 Å². The normalized spacial score (nSPS) is 47.6. The zero-order valence-electron chi connectivity index (χ0n) is 11.1. The van der Waals surface area contributed by atoms with E-state index >= 15 is 0 Å². The molecule has 1 heterocycles. The van der Waals surface area contributed by atoms with Gasteiger partial charge in [0.05, 0.1) is 6.61 Å². The van der Waals surface area contributed by atoms with Gasteiger partial charge in [-0.15, -0.1) is 0 Å². The van der Waals surface area contributed by atoms with E-state index in [1.54, 1.807) is 0 Å². The van der Waals surface area contributed by atoms with E-state index in [-0.39, 0.29) is 6.10 Å². The minimum absolute atomic E-state index is 0.305. The number of rotatable bonds is 2. The highest BCUT2D eigenvalue weighted by molar-refractivity contribution is 5.10. The summed E-state index contributed by atoms with van der Waals surface area (Å²) in [6.07, 6.45) is 11.0. The first-order chi connectivity index (χ1) is 8.81. The van der Waals surface area contributed by atoms with Crippen molar-refractivity contribution in [3.63, 3.8) is 0 Å². The van der Waals surface area contributed by atoms with Crippen LogP contribution in [0.15, 0.2) is 11.8 Å². The van der Waals surface area contributed by atoms with Crippen molar-refractivity contribution < 1.29 is 9.84 Å². The molecule has 4 bridgehead atoms. The molecule has 4 fully saturated rings. The molecule has 4 aliphatic carbocycles. The first-order valence-corrected chi connectivity index (χ1v) is 7.82. The van der Waals surface area contributed by atoms with Gasteiger partial charge < -0.3 is 9.84 Å². The Labute approximate surface area is 109 Å². The number of aliphatic hydroxyl groups is 1. The standard InChI is InChI=1S/C16H24O2/c17-16(14-3-1-2-4-18-14)15-12-6-10-5-11(8-12)9-13(15)7-10/h3,10-13,15-17H,1-2,4-9H2. The van der Waals surface area contributed by atoms with Gasteiger partial charge in [0.25, 0.3) is 0 Å². The molecule has 0 aromatic carbocycles. The second-order valence-corrected chi connectivity index (χ2v) is 7.05. The van der Waals surface area contributed by atoms with Crippen molar-refractivity contribution in [3.8, 4) is 0 Å². The predicted molar refractivity (Wildman–Crippen MR) is 69.8 cm³/mol. The zero-order chi connectivity index (χ0) is 12.1. The van der Waals surface area contributed by atoms with Gasteiger partial charge in [-0.25, -0.2) is 0 Å². The van der Waals surface area contributed by atoms with Gasteiger partial charge in [0.15, 0.2) is 0 Å². The van der Waals surface area contributed by atoms with Gasteiger partial charge in [-0.3, -0.25) is 0 Å². The van der Waals surface area contributed by atoms with E-state index < -0.39 is 0 Å². The van der Waals surface area contributed by atoms with Gasteiger partial charge in [-0.1, -0.05) is 0 Å². The predicted octanol–water partition coefficient (Wildman–Crippen LogP) is 3.11. The van der Waals surface area contributed by atoms with Crippen molar-refractivity contribution in [1.29, 1.82) is 0 Å². The van der Waals surface area contributed by atoms with E-state index in [2.05, 4.69) is 6.08 Å². The van der Waals surface area contributed by atoms with E-state index in [0.29, 0.717) is 5.92 Å². The van der Waals surface area contributed by atoms with Crippen LogP contribution in [-0.4, -0.2) is 17.8 Å². The molecule has 18 heavy (non-hydrogen) atoms. The molecule has 2 nitrogen and oxygen atoms in total. The summed E-state index contributed by atoms with van der Waals surface area (Å²) in [6.45, 7) is 0.802. The highest BCUT2D eigenvalue weighted by Gasteiger charge is 2.51. The summed E-state index contributed by atoms with van der Waals surface area (Å²) in [5, 5.41) is 10.7. The third-order valence-corrected chi connectivity index (χ3v) is 5.92. The summed E-state index contributed by atoms with van der Waals surface area (Å²) in [6, 6.07) is 0. The fourth-order valence-electron chi connectivity index (χ4n) is 5.46. The van der Waals surface area contributed by atoms with Crippen LogP contribution in [0.25, 0.3) is 0 Å². The van der Waals surface area contributed by atoms with E-state index in [1.165, 1.54) is 32.1 Å². The van der Waals surface area contributed by atoms with E-state index in [4.69, 9.17) is 4.74 Å². The Morgan fingerprint density at radius 3 is 2.28 bits per heavy atom. The summed E-state index contributed by atoms with van der Waals surface area (Å²) in [5.74, 6) is 4.93. The maximum absolute atomic E-state index is 10.7. The highest BCUT2D eigenvalue weighted by atomic mass is 16.5. The van der Waals surface area contributed by atoms with Gasteiger partial charge in [-0.05, 0) is 80.6 Å². The highest BCUT2D eigenvalue weighted by Crippen LogP contribution is 2.57. The molecule has 0 spiro atoms. The number of aliphatic hydroxyl groups excluding tert-OH is 1. The third-order valence-electron chi connectivity index (χ3n) is 5.92. The molecule has 100 valence electrons. The summed E-state index contributed by atoms with van der Waals surface area (Å²) >= 11 is 0. The molecule has 2 heteroatoms. The molecule has 0 amide bonds. The van der Waals surface area contributed by atoms with Crippen LogP contribution in [-0.2, 0) is 4.74 Å². The topological polar surface area (TPSA) is 29.5 Å². The maximum Gasteiger partial charge on any atom is 0.121 e. The Hall–Kier alpha value is -0.500. The van der Waals surface area contributed by atoms with Crippen molar-refractivity contribution in [2.75, 3.05) is 6.61 Å². The van der Waals surface area contributed by atoms with Gasteiger partial charge in [0.1, 0.15) is 11.9 Å². The zero-order valence-corrected chi connectivity index (χ0v) is 11.1. The number of hydrogen-bond acceptors (Lipinski definition) is 2. The van der Waals surface area contributed by atoms with Gasteiger partial charge in [-0.2, -0.15) is 0 Å². The van der Waals surface area contributed by atoms with Crippen molar-refractivity contribution in [2.24, 2.45) is 29.6 Å². The lowest BCUT2D eigenvalue weighted by Gasteiger charge is -2.55. The van der Waals surface area contributed by atoms with Crippen LogP contribution in [0.5, 0.6) is 0 Å². The molecule has 0 aromatic rings. The first-order valence-electron chi connectivity index (χ1n) is 7.82. The van der Waals surface area contributed by atoms with Crippen LogP contribution in [0.4, 0.5) is 0 Å². The van der Waals surface area contributed by atoms with E-state index in [0.717, 1.165) is 48.9 Å². The van der Waals surface area contributed by atoms with Crippen LogP contribution >= 0.6 is 0 Å². The lowest BCUT2D eigenvalue weighted by Crippen LogP contribution is -2.50. The van der Waals surface area contributed by atoms with Gasteiger partial charge in [0, 0.05) is 0 Å². The fraction of sp³-hybridized carbons (Fsp3) is 0.875. The minimum Gasteiger partial charge on any atom is -0.495 e. The lowest BCUT2D eigenvalue weighted by atomic mass is 9.50. The first kappa shape index (κ1) is 11.3. The van der Waals surface area contributed by atoms with Crippen molar-refractivity contribution in [1.82, 2.24) is 0 Å². The Balaban J connectivity index is 1.55. The minimum atomic E-state index is -0.305. The van der Waals surface area contributed by atoms with Crippen LogP contribution in [0, 0.1) is 29.6 Å². The largest absolute Gasteiger partial charge is 0.495 e. The van der Waals surface area contributed by atoms with Crippen LogP contribution in [0.3, 0.4) is 0 Å². The second-order valence-electron chi connectivity index (χ2n) is 7.05. The average Bonchev–Trinajstić information content (AvgIpc) is 2.38. The van der Waals surface area contributed by atoms with Gasteiger partial charge >= 0.3 is 0 Å². The summed E-state index contributed by atoms with van der Waals surface area (Å²) < 4.78 is 5.71. The molecule has 0 saturated heterocycles. The molecule has 1 aliphatic heterocycles. The van der Waals surface area contributed by atoms with E-state index in [1.807, 2.05) is 0 Å². The van der Waals surface area contributed by atoms with Gasteiger partial charge in [0.2, 0.25) is 0 Å². The Morgan fingerprint density at radius 1 is 1.06 bits per heavy atom. The summed E-state index contributed by atoms with van der Waals surface area (Å²) in [5.41, 5.74) is 0. The van der Waals surface area contributed by atoms with Crippen molar-refractivity contribution in [3.05, 3.63) is 11.8 Å². The molecule has 1 N–H and O–H groups in total. The Bertz CT molecular complexity index is 332. The Kier molecular flexibility index (Phi) is 2.68. The molecular formula is C16H24O2. The molecule has 0 radical (unpaired) electrons. The number of hydrogen-bond donors (Lipinski definition) is 1. The third kappa shape index (κ3) is 1.72. The van der Waals surface area contributed by atoms with Crippen molar-refractivity contribution in [2.45, 2.75) is 51.0 Å². The fourth-order valence-corrected chi connectivity index (χ4v) is 5.46. The summed E-state index contributed by atoms with van der Waals surface area (Å²) in [4.78, 5) is 0. The number of ether oxygens (including phenoxy) is 1. The summed E-state index contributed by atoms with van der Waals surface area (Å²) in [7, 11) is 0. The van der Waals surface area contributed by atoms with Crippen LogP contribution in [0.1, 0.15) is 44.9 Å². The van der Waals surface area contributed by atoms with Crippen molar-refractivity contribution >= 4 is 0 Å². The number of allylic oxidation sites excluding steroid dienone is 1. The second kappa shape index (κ2) is 4.26. The SMILES string of the molecule is OC(C1=CCCCO1)C1C2CC3CC(C2)CC1C3.